The zero-order chi connectivity index (χ0) is 27.4. The molecular formula is C28H23N3O5S2. The Morgan fingerprint density at radius 3 is 2.47 bits per heavy atom. The average molecular weight is 546 g/mol. The number of amides is 1. The summed E-state index contributed by atoms with van der Waals surface area (Å²) >= 11 is 6.43. The number of hydrogen-bond acceptors (Lipinski definition) is 8. The van der Waals surface area contributed by atoms with Crippen LogP contribution in [0.3, 0.4) is 0 Å². The second kappa shape index (κ2) is 11.5. The Morgan fingerprint density at radius 2 is 1.84 bits per heavy atom. The van der Waals surface area contributed by atoms with Gasteiger partial charge in [-0.2, -0.15) is 5.26 Å². The van der Waals surface area contributed by atoms with Crippen molar-refractivity contribution in [3.8, 4) is 17.7 Å². The van der Waals surface area contributed by atoms with Crippen molar-refractivity contribution in [2.45, 2.75) is 19.9 Å². The SMILES string of the molecule is COc1ccc(CCn2c(O)c(C(=O)CN3C(=O)/C(=C/c4ccccc4)SC3=S)c(C)c(C#N)c2=O)cc1. The van der Waals surface area contributed by atoms with Crippen molar-refractivity contribution >= 4 is 46.1 Å². The third-order valence-corrected chi connectivity index (χ3v) is 7.51. The van der Waals surface area contributed by atoms with Crippen LogP contribution in [-0.4, -0.2) is 44.2 Å². The highest BCUT2D eigenvalue weighted by molar-refractivity contribution is 8.26. The predicted octanol–water partition coefficient (Wildman–Crippen LogP) is 4.07. The Labute approximate surface area is 228 Å². The van der Waals surface area contributed by atoms with Gasteiger partial charge in [0, 0.05) is 6.54 Å². The largest absolute Gasteiger partial charge is 0.497 e. The zero-order valence-corrected chi connectivity index (χ0v) is 22.3. The van der Waals surface area contributed by atoms with Gasteiger partial charge in [-0.05, 0) is 48.2 Å². The first-order chi connectivity index (χ1) is 18.2. The Morgan fingerprint density at radius 1 is 1.16 bits per heavy atom. The second-order valence-corrected chi connectivity index (χ2v) is 10.1. The highest BCUT2D eigenvalue weighted by atomic mass is 32.2. The van der Waals surface area contributed by atoms with Crippen molar-refractivity contribution in [2.24, 2.45) is 0 Å². The van der Waals surface area contributed by atoms with Crippen LogP contribution in [0.25, 0.3) is 6.08 Å². The van der Waals surface area contributed by atoms with Gasteiger partial charge in [0.05, 0.1) is 24.1 Å². The summed E-state index contributed by atoms with van der Waals surface area (Å²) in [7, 11) is 1.56. The number of aromatic hydroxyl groups is 1. The maximum atomic E-state index is 13.4. The van der Waals surface area contributed by atoms with Crippen molar-refractivity contribution in [1.29, 1.82) is 5.26 Å². The molecule has 0 bridgehead atoms. The summed E-state index contributed by atoms with van der Waals surface area (Å²) in [6.45, 7) is 1.03. The van der Waals surface area contributed by atoms with Crippen molar-refractivity contribution in [2.75, 3.05) is 13.7 Å². The first-order valence-corrected chi connectivity index (χ1v) is 12.8. The number of thioether (sulfide) groups is 1. The van der Waals surface area contributed by atoms with Crippen LogP contribution >= 0.6 is 24.0 Å². The van der Waals surface area contributed by atoms with Gasteiger partial charge in [0.25, 0.3) is 11.5 Å². The van der Waals surface area contributed by atoms with Gasteiger partial charge >= 0.3 is 0 Å². The molecule has 192 valence electrons. The molecule has 2 aromatic carbocycles. The molecule has 3 aromatic rings. The molecule has 1 aromatic heterocycles. The number of thiocarbonyl (C=S) groups is 1. The minimum Gasteiger partial charge on any atom is -0.497 e. The van der Waals surface area contributed by atoms with E-state index >= 15 is 0 Å². The lowest BCUT2D eigenvalue weighted by atomic mass is 10.0. The zero-order valence-electron chi connectivity index (χ0n) is 20.6. The third kappa shape index (κ3) is 5.39. The van der Waals surface area contributed by atoms with Crippen molar-refractivity contribution in [3.05, 3.63) is 97.7 Å². The molecule has 10 heteroatoms. The van der Waals surface area contributed by atoms with E-state index in [0.29, 0.717) is 17.1 Å². The van der Waals surface area contributed by atoms with Crippen LogP contribution in [0.1, 0.15) is 32.6 Å². The molecule has 2 heterocycles. The summed E-state index contributed by atoms with van der Waals surface area (Å²) in [5.41, 5.74) is 0.629. The Kier molecular flexibility index (Phi) is 8.10. The first-order valence-electron chi connectivity index (χ1n) is 11.6. The van der Waals surface area contributed by atoms with E-state index in [0.717, 1.165) is 32.4 Å². The maximum absolute atomic E-state index is 13.4. The summed E-state index contributed by atoms with van der Waals surface area (Å²) in [5, 5.41) is 20.7. The summed E-state index contributed by atoms with van der Waals surface area (Å²) in [5.74, 6) is -0.928. The van der Waals surface area contributed by atoms with Gasteiger partial charge in [-0.25, -0.2) is 0 Å². The van der Waals surface area contributed by atoms with E-state index in [1.54, 1.807) is 25.3 Å². The molecule has 1 saturated heterocycles. The summed E-state index contributed by atoms with van der Waals surface area (Å²) < 4.78 is 6.37. The lowest BCUT2D eigenvalue weighted by Crippen LogP contribution is -2.35. The van der Waals surface area contributed by atoms with Gasteiger partial charge < -0.3 is 9.84 Å². The Balaban J connectivity index is 1.62. The minimum absolute atomic E-state index is 0.0348. The third-order valence-electron chi connectivity index (χ3n) is 6.13. The molecule has 1 aliphatic heterocycles. The van der Waals surface area contributed by atoms with Gasteiger partial charge in [-0.15, -0.1) is 0 Å². The lowest BCUT2D eigenvalue weighted by Gasteiger charge is -2.18. The van der Waals surface area contributed by atoms with Crippen LogP contribution in [0, 0.1) is 18.3 Å². The number of methoxy groups -OCH3 is 1. The van der Waals surface area contributed by atoms with E-state index in [1.165, 1.54) is 6.92 Å². The number of nitrogens with zero attached hydrogens (tertiary/aromatic N) is 3. The monoisotopic (exact) mass is 545 g/mol. The smallest absolute Gasteiger partial charge is 0.271 e. The van der Waals surface area contributed by atoms with Crippen LogP contribution in [0.5, 0.6) is 11.6 Å². The number of hydrogen-bond donors (Lipinski definition) is 1. The number of Topliss-reactive ketones (excluding diaryl/α,β-unsaturated/α-hetero) is 1. The second-order valence-electron chi connectivity index (χ2n) is 8.47. The molecular weight excluding hydrogens is 522 g/mol. The number of carbonyl (C=O) groups is 2. The normalized spacial score (nSPS) is 14.1. The van der Waals surface area contributed by atoms with Gasteiger partial charge in [-0.1, -0.05) is 66.4 Å². The number of rotatable bonds is 8. The Bertz CT molecular complexity index is 1550. The highest BCUT2D eigenvalue weighted by Gasteiger charge is 2.35. The topological polar surface area (TPSA) is 113 Å². The van der Waals surface area contributed by atoms with E-state index in [2.05, 4.69) is 0 Å². The van der Waals surface area contributed by atoms with E-state index in [-0.39, 0.29) is 27.6 Å². The highest BCUT2D eigenvalue weighted by Crippen LogP contribution is 2.33. The number of aromatic nitrogens is 1. The molecule has 0 radical (unpaired) electrons. The molecule has 0 spiro atoms. The molecule has 1 fully saturated rings. The fraction of sp³-hybridized carbons (Fsp3) is 0.179. The van der Waals surface area contributed by atoms with E-state index in [4.69, 9.17) is 17.0 Å². The molecule has 0 saturated carbocycles. The fourth-order valence-electron chi connectivity index (χ4n) is 4.08. The summed E-state index contributed by atoms with van der Waals surface area (Å²) in [4.78, 5) is 40.9. The fourth-order valence-corrected chi connectivity index (χ4v) is 5.34. The molecule has 0 aliphatic carbocycles. The van der Waals surface area contributed by atoms with Crippen LogP contribution in [0.2, 0.25) is 0 Å². The van der Waals surface area contributed by atoms with E-state index in [1.807, 2.05) is 48.5 Å². The number of pyridine rings is 1. The van der Waals surface area contributed by atoms with Crippen LogP contribution in [0.4, 0.5) is 0 Å². The maximum Gasteiger partial charge on any atom is 0.271 e. The Hall–Kier alpha value is -4.20. The molecule has 0 unspecified atom stereocenters. The van der Waals surface area contributed by atoms with Gasteiger partial charge in [0.1, 0.15) is 21.7 Å². The van der Waals surface area contributed by atoms with Gasteiger partial charge in [-0.3, -0.25) is 23.9 Å². The minimum atomic E-state index is -0.691. The number of ketones is 1. The molecule has 38 heavy (non-hydrogen) atoms. The molecule has 1 amide bonds. The lowest BCUT2D eigenvalue weighted by molar-refractivity contribution is -0.121. The average Bonchev–Trinajstić information content (AvgIpc) is 3.17. The van der Waals surface area contributed by atoms with Crippen molar-refractivity contribution < 1.29 is 19.4 Å². The number of ether oxygens (including phenoxy) is 1. The number of aryl methyl sites for hydroxylation is 1. The van der Waals surface area contributed by atoms with Crippen LogP contribution in [-0.2, 0) is 17.8 Å². The molecule has 1 aliphatic rings. The van der Waals surface area contributed by atoms with E-state index in [9.17, 15) is 24.8 Å². The summed E-state index contributed by atoms with van der Waals surface area (Å²) in [6, 6.07) is 18.3. The molecule has 1 N–H and O–H groups in total. The standard InChI is InChI=1S/C28H23N3O5S2/c1-17-21(15-29)25(33)30(13-12-18-8-10-20(36-2)11-9-18)27(35)24(17)22(32)16-31-26(34)23(38-28(31)37)14-19-6-4-3-5-7-19/h3-11,14,35H,12-13,16H2,1-2H3/b23-14-. The van der Waals surface area contributed by atoms with Gasteiger partial charge in [0.15, 0.2) is 5.78 Å². The quantitative estimate of drug-likeness (QED) is 0.256. The van der Waals surface area contributed by atoms with Crippen molar-refractivity contribution in [1.82, 2.24) is 9.47 Å². The van der Waals surface area contributed by atoms with Gasteiger partial charge in [0.2, 0.25) is 5.88 Å². The molecule has 0 atom stereocenters. The van der Waals surface area contributed by atoms with Crippen LogP contribution in [0.15, 0.2) is 64.3 Å². The number of nitriles is 1. The number of carbonyl (C=O) groups excluding carboxylic acids is 2. The summed E-state index contributed by atoms with van der Waals surface area (Å²) in [6.07, 6.45) is 2.05. The van der Waals surface area contributed by atoms with Crippen molar-refractivity contribution in [3.63, 3.8) is 0 Å². The molecule has 4 rings (SSSR count). The number of benzene rings is 2. The van der Waals surface area contributed by atoms with Crippen LogP contribution < -0.4 is 10.3 Å². The molecule has 8 nitrogen and oxygen atoms in total. The predicted molar refractivity (Wildman–Crippen MR) is 149 cm³/mol. The first kappa shape index (κ1) is 26.9. The van der Waals surface area contributed by atoms with E-state index < -0.39 is 29.7 Å².